The molecule has 0 saturated carbocycles. The number of rotatable bonds is 4. The van der Waals surface area contributed by atoms with Gasteiger partial charge in [0.2, 0.25) is 11.7 Å². The summed E-state index contributed by atoms with van der Waals surface area (Å²) in [6.45, 7) is 1.82. The summed E-state index contributed by atoms with van der Waals surface area (Å²) in [5.74, 6) is 2.36. The van der Waals surface area contributed by atoms with E-state index in [9.17, 15) is 0 Å². The summed E-state index contributed by atoms with van der Waals surface area (Å²) in [7, 11) is 0. The fourth-order valence-electron chi connectivity index (χ4n) is 1.26. The van der Waals surface area contributed by atoms with Crippen LogP contribution in [-0.4, -0.2) is 26.0 Å². The Bertz CT molecular complexity index is 471. The summed E-state index contributed by atoms with van der Waals surface area (Å²) < 4.78 is 5.08. The van der Waals surface area contributed by atoms with E-state index in [0.29, 0.717) is 35.5 Å². The smallest absolute Gasteiger partial charge is 0.227 e. The highest BCUT2D eigenvalue weighted by Gasteiger charge is 2.09. The van der Waals surface area contributed by atoms with Gasteiger partial charge in [0.1, 0.15) is 11.5 Å². The largest absolute Gasteiger partial charge is 0.339 e. The standard InChI is InChI=1S/C10H11ClN4O/c1-7-12-6-4-8(13-7)10-14-9(16-15-10)3-2-5-11/h4,6H,2-3,5H2,1H3. The van der Waals surface area contributed by atoms with Gasteiger partial charge in [0, 0.05) is 18.5 Å². The molecule has 0 fully saturated rings. The molecule has 0 aliphatic heterocycles. The number of aryl methyl sites for hydroxylation is 2. The van der Waals surface area contributed by atoms with Gasteiger partial charge in [0.25, 0.3) is 0 Å². The number of alkyl halides is 1. The average Bonchev–Trinajstić information content (AvgIpc) is 2.75. The molecular weight excluding hydrogens is 228 g/mol. The van der Waals surface area contributed by atoms with Crippen molar-refractivity contribution in [3.63, 3.8) is 0 Å². The van der Waals surface area contributed by atoms with Crippen molar-refractivity contribution in [2.75, 3.05) is 5.88 Å². The van der Waals surface area contributed by atoms with Crippen LogP contribution in [0.5, 0.6) is 0 Å². The predicted octanol–water partition coefficient (Wildman–Crippen LogP) is 2.01. The van der Waals surface area contributed by atoms with E-state index in [1.807, 2.05) is 6.92 Å². The van der Waals surface area contributed by atoms with Gasteiger partial charge in [-0.1, -0.05) is 5.16 Å². The highest BCUT2D eigenvalue weighted by molar-refractivity contribution is 6.17. The van der Waals surface area contributed by atoms with E-state index in [2.05, 4.69) is 20.1 Å². The maximum absolute atomic E-state index is 5.59. The van der Waals surface area contributed by atoms with E-state index in [-0.39, 0.29) is 0 Å². The number of halogens is 1. The topological polar surface area (TPSA) is 64.7 Å². The summed E-state index contributed by atoms with van der Waals surface area (Å²) in [5, 5.41) is 3.86. The summed E-state index contributed by atoms with van der Waals surface area (Å²) in [5.41, 5.74) is 0.674. The minimum Gasteiger partial charge on any atom is -0.339 e. The van der Waals surface area contributed by atoms with Gasteiger partial charge in [0.05, 0.1) is 0 Å². The first-order valence-corrected chi connectivity index (χ1v) is 5.51. The molecule has 0 aromatic carbocycles. The lowest BCUT2D eigenvalue weighted by Crippen LogP contribution is -1.91. The lowest BCUT2D eigenvalue weighted by Gasteiger charge is -1.93. The molecule has 0 atom stereocenters. The molecule has 0 spiro atoms. The Hall–Kier alpha value is -1.49. The first kappa shape index (κ1) is 11.0. The molecule has 2 heterocycles. The van der Waals surface area contributed by atoms with Crippen molar-refractivity contribution >= 4 is 11.6 Å². The Balaban J connectivity index is 2.18. The summed E-state index contributed by atoms with van der Waals surface area (Å²) >= 11 is 5.59. The Labute approximate surface area is 97.9 Å². The minimum absolute atomic E-state index is 0.495. The maximum Gasteiger partial charge on any atom is 0.227 e. The average molecular weight is 239 g/mol. The zero-order valence-corrected chi connectivity index (χ0v) is 9.61. The monoisotopic (exact) mass is 238 g/mol. The van der Waals surface area contributed by atoms with Crippen molar-refractivity contribution < 1.29 is 4.52 Å². The van der Waals surface area contributed by atoms with Crippen molar-refractivity contribution in [3.05, 3.63) is 24.0 Å². The summed E-state index contributed by atoms with van der Waals surface area (Å²) in [6, 6.07) is 1.75. The number of hydrogen-bond donors (Lipinski definition) is 0. The second-order valence-electron chi connectivity index (χ2n) is 3.29. The molecule has 2 aromatic rings. The van der Waals surface area contributed by atoms with Gasteiger partial charge in [-0.05, 0) is 19.4 Å². The van der Waals surface area contributed by atoms with Crippen LogP contribution in [0.2, 0.25) is 0 Å². The number of nitrogens with zero attached hydrogens (tertiary/aromatic N) is 4. The summed E-state index contributed by atoms with van der Waals surface area (Å²) in [6.07, 6.45) is 3.19. The molecule has 2 aromatic heterocycles. The van der Waals surface area contributed by atoms with Crippen molar-refractivity contribution in [1.29, 1.82) is 0 Å². The van der Waals surface area contributed by atoms with Gasteiger partial charge >= 0.3 is 0 Å². The Morgan fingerprint density at radius 2 is 2.25 bits per heavy atom. The third kappa shape index (κ3) is 2.55. The molecule has 16 heavy (non-hydrogen) atoms. The van der Waals surface area contributed by atoms with Crippen LogP contribution >= 0.6 is 11.6 Å². The minimum atomic E-state index is 0.495. The van der Waals surface area contributed by atoms with Crippen LogP contribution in [0.15, 0.2) is 16.8 Å². The highest BCUT2D eigenvalue weighted by atomic mass is 35.5. The van der Waals surface area contributed by atoms with Crippen LogP contribution in [0.4, 0.5) is 0 Å². The molecule has 0 saturated heterocycles. The zero-order chi connectivity index (χ0) is 11.4. The van der Waals surface area contributed by atoms with Crippen molar-refractivity contribution in [3.8, 4) is 11.5 Å². The van der Waals surface area contributed by atoms with E-state index in [4.69, 9.17) is 16.1 Å². The van der Waals surface area contributed by atoms with Crippen LogP contribution in [-0.2, 0) is 6.42 Å². The molecule has 0 unspecified atom stereocenters. The maximum atomic E-state index is 5.59. The SMILES string of the molecule is Cc1nccc(-c2noc(CCCCl)n2)n1. The van der Waals surface area contributed by atoms with Crippen molar-refractivity contribution in [2.24, 2.45) is 0 Å². The molecular formula is C10H11ClN4O. The van der Waals surface area contributed by atoms with Crippen LogP contribution < -0.4 is 0 Å². The molecule has 0 amide bonds. The number of hydrogen-bond acceptors (Lipinski definition) is 5. The molecule has 5 nitrogen and oxygen atoms in total. The van der Waals surface area contributed by atoms with Crippen LogP contribution in [0.1, 0.15) is 18.1 Å². The quantitative estimate of drug-likeness (QED) is 0.763. The van der Waals surface area contributed by atoms with E-state index in [1.165, 1.54) is 0 Å². The van der Waals surface area contributed by atoms with E-state index in [0.717, 1.165) is 6.42 Å². The van der Waals surface area contributed by atoms with Crippen LogP contribution in [0.3, 0.4) is 0 Å². The molecule has 0 aliphatic rings. The Kier molecular flexibility index (Phi) is 3.46. The molecule has 0 radical (unpaired) electrons. The number of aromatic nitrogens is 4. The van der Waals surface area contributed by atoms with E-state index >= 15 is 0 Å². The van der Waals surface area contributed by atoms with Gasteiger partial charge in [-0.3, -0.25) is 0 Å². The molecule has 6 heteroatoms. The second-order valence-corrected chi connectivity index (χ2v) is 3.67. The third-order valence-corrected chi connectivity index (χ3v) is 2.26. The lowest BCUT2D eigenvalue weighted by molar-refractivity contribution is 0.378. The van der Waals surface area contributed by atoms with E-state index < -0.39 is 0 Å². The normalized spacial score (nSPS) is 10.6. The Morgan fingerprint density at radius 3 is 3.00 bits per heavy atom. The molecule has 0 aliphatic carbocycles. The van der Waals surface area contributed by atoms with Crippen LogP contribution in [0, 0.1) is 6.92 Å². The molecule has 0 N–H and O–H groups in total. The molecule has 0 bridgehead atoms. The molecule has 84 valence electrons. The highest BCUT2D eigenvalue weighted by Crippen LogP contribution is 2.13. The predicted molar refractivity (Wildman–Crippen MR) is 59.1 cm³/mol. The first-order chi connectivity index (χ1) is 7.79. The van der Waals surface area contributed by atoms with E-state index in [1.54, 1.807) is 12.3 Å². The van der Waals surface area contributed by atoms with Crippen LogP contribution in [0.25, 0.3) is 11.5 Å². The van der Waals surface area contributed by atoms with Crippen molar-refractivity contribution in [2.45, 2.75) is 19.8 Å². The van der Waals surface area contributed by atoms with Gasteiger partial charge in [0.15, 0.2) is 0 Å². The van der Waals surface area contributed by atoms with Crippen molar-refractivity contribution in [1.82, 2.24) is 20.1 Å². The van der Waals surface area contributed by atoms with Gasteiger partial charge in [-0.15, -0.1) is 11.6 Å². The third-order valence-electron chi connectivity index (χ3n) is 2.00. The zero-order valence-electron chi connectivity index (χ0n) is 8.85. The molecule has 2 rings (SSSR count). The fraction of sp³-hybridized carbons (Fsp3) is 0.400. The fourth-order valence-corrected chi connectivity index (χ4v) is 1.39. The van der Waals surface area contributed by atoms with Gasteiger partial charge in [-0.25, -0.2) is 9.97 Å². The Morgan fingerprint density at radius 1 is 1.38 bits per heavy atom. The summed E-state index contributed by atoms with van der Waals surface area (Å²) in [4.78, 5) is 12.5. The lowest BCUT2D eigenvalue weighted by atomic mass is 10.3. The second kappa shape index (κ2) is 5.03. The first-order valence-electron chi connectivity index (χ1n) is 4.98. The van der Waals surface area contributed by atoms with Gasteiger partial charge < -0.3 is 4.52 Å². The van der Waals surface area contributed by atoms with Gasteiger partial charge in [-0.2, -0.15) is 4.98 Å².